The van der Waals surface area contributed by atoms with E-state index in [9.17, 15) is 0 Å². The summed E-state index contributed by atoms with van der Waals surface area (Å²) in [5, 5.41) is 2.80. The van der Waals surface area contributed by atoms with Crippen LogP contribution in [0.2, 0.25) is 0 Å². The lowest BCUT2D eigenvalue weighted by Crippen LogP contribution is -2.68. The smallest absolute Gasteiger partial charge is 0.232 e. The summed E-state index contributed by atoms with van der Waals surface area (Å²) in [4.78, 5) is 0. The summed E-state index contributed by atoms with van der Waals surface area (Å²) in [6.45, 7) is 23.7. The number of pyridine rings is 1. The molecule has 8 rings (SSSR count). The average molecular weight is 802 g/mol. The van der Waals surface area contributed by atoms with Crippen LogP contribution in [0.5, 0.6) is 0 Å². The fourth-order valence-corrected chi connectivity index (χ4v) is 12.1. The van der Waals surface area contributed by atoms with Crippen molar-refractivity contribution in [3.05, 3.63) is 137 Å². The second-order valence-corrected chi connectivity index (χ2v) is 19.7. The van der Waals surface area contributed by atoms with Crippen molar-refractivity contribution in [2.45, 2.75) is 143 Å². The van der Waals surface area contributed by atoms with E-state index < -0.39 is 0 Å². The van der Waals surface area contributed by atoms with E-state index in [0.717, 1.165) is 32.1 Å². The maximum atomic E-state index is 2.72. The number of thiophene rings is 1. The number of benzene rings is 4. The molecule has 0 aliphatic carbocycles. The summed E-state index contributed by atoms with van der Waals surface area (Å²) in [6.07, 6.45) is 14.7. The number of imidazole rings is 1. The molecule has 3 aromatic heterocycles. The molecule has 1 aliphatic rings. The van der Waals surface area contributed by atoms with Crippen LogP contribution >= 0.6 is 11.3 Å². The largest absolute Gasteiger partial charge is 0.294 e. The molecule has 4 heterocycles. The molecule has 2 unspecified atom stereocenters. The Morgan fingerprint density at radius 3 is 2.14 bits per heavy atom. The minimum absolute atomic E-state index is 0.100. The molecule has 306 valence electrons. The lowest BCUT2D eigenvalue weighted by molar-refractivity contribution is -0.766. The van der Waals surface area contributed by atoms with Crippen molar-refractivity contribution in [3.63, 3.8) is 0 Å². The molecule has 2 atom stereocenters. The fourth-order valence-electron chi connectivity index (χ4n) is 10.8. The first-order valence-electron chi connectivity index (χ1n) is 22.7. The average Bonchev–Trinajstić information content (AvgIpc) is 3.81. The monoisotopic (exact) mass is 802 g/mol. The summed E-state index contributed by atoms with van der Waals surface area (Å²) in [5.41, 5.74) is 13.9. The van der Waals surface area contributed by atoms with Gasteiger partial charge in [0.25, 0.3) is 5.82 Å². The van der Waals surface area contributed by atoms with Crippen LogP contribution in [0.15, 0.2) is 104 Å². The Bertz CT molecular complexity index is 2630. The zero-order valence-electron chi connectivity index (χ0n) is 37.7. The third-order valence-electron chi connectivity index (χ3n) is 14.5. The van der Waals surface area contributed by atoms with Gasteiger partial charge in [0.1, 0.15) is 18.1 Å². The number of nitrogens with zero attached hydrogens (tertiary/aromatic N) is 3. The molecule has 59 heavy (non-hydrogen) atoms. The Labute approximate surface area is 358 Å². The first-order chi connectivity index (χ1) is 28.4. The Morgan fingerprint density at radius 1 is 0.729 bits per heavy atom. The minimum Gasteiger partial charge on any atom is -0.232 e. The van der Waals surface area contributed by atoms with Gasteiger partial charge >= 0.3 is 0 Å². The normalized spacial score (nSPS) is 17.8. The zero-order chi connectivity index (χ0) is 41.8. The third kappa shape index (κ3) is 6.69. The SMILES string of the molecule is CCCCc1ccc2c(c1)sc1c3c(ccc12)C(CC)(CCc1ccccc1-c1n(-c2c(C(C)C)cccc2C(C)C)cc[n+]1C)C(C)(CC)[n+]1ccc(C(C)C)cc1-3. The molecule has 0 N–H and O–H groups in total. The number of aromatic nitrogens is 3. The molecule has 0 amide bonds. The molecule has 0 bridgehead atoms. The predicted molar refractivity (Wildman–Crippen MR) is 252 cm³/mol. The first-order valence-corrected chi connectivity index (χ1v) is 23.5. The van der Waals surface area contributed by atoms with E-state index >= 15 is 0 Å². The van der Waals surface area contributed by atoms with Gasteiger partial charge in [-0.3, -0.25) is 0 Å². The number of aryl methyl sites for hydroxylation is 3. The third-order valence-corrected chi connectivity index (χ3v) is 15.6. The van der Waals surface area contributed by atoms with Crippen LogP contribution in [0.25, 0.3) is 48.5 Å². The molecule has 4 heteroatoms. The molecule has 1 aliphatic heterocycles. The van der Waals surface area contributed by atoms with Crippen molar-refractivity contribution in [3.8, 4) is 28.3 Å². The van der Waals surface area contributed by atoms with Crippen LogP contribution in [0.3, 0.4) is 0 Å². The van der Waals surface area contributed by atoms with Gasteiger partial charge in [0.2, 0.25) is 5.69 Å². The van der Waals surface area contributed by atoms with Crippen LogP contribution in [0, 0.1) is 0 Å². The summed E-state index contributed by atoms with van der Waals surface area (Å²) in [7, 11) is 2.22. The minimum atomic E-state index is -0.126. The molecule has 3 nitrogen and oxygen atoms in total. The topological polar surface area (TPSA) is 12.7 Å². The Morgan fingerprint density at radius 2 is 1.46 bits per heavy atom. The van der Waals surface area contributed by atoms with Gasteiger partial charge in [-0.05, 0) is 84.2 Å². The molecule has 0 saturated heterocycles. The van der Waals surface area contributed by atoms with Gasteiger partial charge in [-0.1, -0.05) is 129 Å². The summed E-state index contributed by atoms with van der Waals surface area (Å²) in [5.74, 6) is 2.53. The van der Waals surface area contributed by atoms with Crippen molar-refractivity contribution in [2.24, 2.45) is 7.05 Å². The van der Waals surface area contributed by atoms with E-state index in [0.29, 0.717) is 17.8 Å². The van der Waals surface area contributed by atoms with Crippen LogP contribution in [0.4, 0.5) is 0 Å². The van der Waals surface area contributed by atoms with Crippen LogP contribution < -0.4 is 9.13 Å². The quantitative estimate of drug-likeness (QED) is 0.103. The van der Waals surface area contributed by atoms with Crippen molar-refractivity contribution in [1.82, 2.24) is 4.57 Å². The molecular formula is C55H67N3S+2. The van der Waals surface area contributed by atoms with E-state index in [1.54, 1.807) is 0 Å². The van der Waals surface area contributed by atoms with Crippen molar-refractivity contribution < 1.29 is 9.13 Å². The van der Waals surface area contributed by atoms with Gasteiger partial charge in [0.15, 0.2) is 11.7 Å². The first kappa shape index (κ1) is 41.2. The molecule has 0 radical (unpaired) electrons. The fraction of sp³-hybridized carbons (Fsp3) is 0.418. The van der Waals surface area contributed by atoms with Crippen molar-refractivity contribution in [1.29, 1.82) is 0 Å². The number of hydrogen-bond donors (Lipinski definition) is 0. The lowest BCUT2D eigenvalue weighted by Gasteiger charge is -2.48. The number of hydrogen-bond acceptors (Lipinski definition) is 1. The molecular weight excluding hydrogens is 735 g/mol. The summed E-state index contributed by atoms with van der Waals surface area (Å²) >= 11 is 2.02. The second kappa shape index (κ2) is 16.1. The molecule has 0 spiro atoms. The Kier molecular flexibility index (Phi) is 11.3. The van der Waals surface area contributed by atoms with E-state index in [4.69, 9.17) is 0 Å². The zero-order valence-corrected chi connectivity index (χ0v) is 38.6. The highest BCUT2D eigenvalue weighted by atomic mass is 32.1. The maximum Gasteiger partial charge on any atom is 0.294 e. The highest BCUT2D eigenvalue weighted by molar-refractivity contribution is 7.26. The van der Waals surface area contributed by atoms with Gasteiger partial charge in [-0.2, -0.15) is 9.13 Å². The van der Waals surface area contributed by atoms with Crippen LogP contribution in [-0.4, -0.2) is 4.57 Å². The van der Waals surface area contributed by atoms with Crippen molar-refractivity contribution >= 4 is 31.5 Å². The van der Waals surface area contributed by atoms with Crippen molar-refractivity contribution in [2.75, 3.05) is 0 Å². The Balaban J connectivity index is 1.31. The molecule has 0 saturated carbocycles. The highest BCUT2D eigenvalue weighted by Crippen LogP contribution is 2.56. The van der Waals surface area contributed by atoms with E-state index in [1.165, 1.54) is 94.7 Å². The van der Waals surface area contributed by atoms with Gasteiger partial charge in [0, 0.05) is 56.8 Å². The Hall–Kier alpha value is -4.54. The number of fused-ring (bicyclic) bond motifs is 7. The second-order valence-electron chi connectivity index (χ2n) is 18.7. The highest BCUT2D eigenvalue weighted by Gasteiger charge is 2.59. The predicted octanol–water partition coefficient (Wildman–Crippen LogP) is 14.4. The molecule has 7 aromatic rings. The van der Waals surface area contributed by atoms with Crippen LogP contribution in [-0.2, 0) is 30.8 Å². The van der Waals surface area contributed by atoms with Gasteiger partial charge in [-0.15, -0.1) is 11.3 Å². The molecule has 4 aromatic carbocycles. The number of para-hydroxylation sites is 1. The number of rotatable bonds is 13. The summed E-state index contributed by atoms with van der Waals surface area (Å²) in [6, 6.07) is 33.4. The van der Waals surface area contributed by atoms with E-state index in [2.05, 4.69) is 194 Å². The van der Waals surface area contributed by atoms with E-state index in [-0.39, 0.29) is 11.0 Å². The molecule has 0 fully saturated rings. The van der Waals surface area contributed by atoms with Gasteiger partial charge < -0.3 is 0 Å². The van der Waals surface area contributed by atoms with Gasteiger partial charge in [-0.25, -0.2) is 4.57 Å². The van der Waals surface area contributed by atoms with Crippen LogP contribution in [0.1, 0.15) is 152 Å². The maximum absolute atomic E-state index is 2.72. The lowest BCUT2D eigenvalue weighted by atomic mass is 9.57. The summed E-state index contributed by atoms with van der Waals surface area (Å²) < 4.78 is 10.4. The number of unbranched alkanes of at least 4 members (excludes halogenated alkanes) is 1. The van der Waals surface area contributed by atoms with Gasteiger partial charge in [0.05, 0.1) is 23.6 Å². The standard InChI is InChI=1S/C55H67N3S/c1-12-15-19-39-24-25-45-46-26-27-47-50(52(46)59-49(45)34-39)48-35-41(36(4)5)29-31-58(48)54(10,13-2)55(47,14-3)30-28-40-20-16-17-21-44(40)53-56(11)32-33-57(53)51-42(37(6)7)22-18-23-43(51)38(8)9/h16-18,20-27,29,31-38H,12-15,19,28,30H2,1-11H3/q+2. The van der Waals surface area contributed by atoms with E-state index in [1.807, 2.05) is 11.3 Å².